The smallest absolute Gasteiger partial charge is 0.312 e. The Labute approximate surface area is 118 Å². The number of hydrogen-bond donors (Lipinski definition) is 0. The predicted molar refractivity (Wildman–Crippen MR) is 68.1 cm³/mol. The van der Waals surface area contributed by atoms with Crippen molar-refractivity contribution in [3.8, 4) is 5.75 Å². The molecule has 0 spiro atoms. The van der Waals surface area contributed by atoms with Crippen molar-refractivity contribution in [2.75, 3.05) is 19.8 Å². The molecule has 0 saturated heterocycles. The van der Waals surface area contributed by atoms with Crippen LogP contribution in [0.5, 0.6) is 5.75 Å². The number of ether oxygens (including phenoxy) is 2. The van der Waals surface area contributed by atoms with Crippen molar-refractivity contribution in [1.29, 1.82) is 0 Å². The fourth-order valence-electron chi connectivity index (χ4n) is 1.32. The van der Waals surface area contributed by atoms with E-state index in [1.165, 1.54) is 0 Å². The number of nitro groups is 1. The number of hydrogen-bond acceptors (Lipinski definition) is 6. The van der Waals surface area contributed by atoms with Crippen molar-refractivity contribution >= 4 is 25.4 Å². The van der Waals surface area contributed by atoms with Crippen molar-refractivity contribution in [2.24, 2.45) is 0 Å². The molecule has 0 atom stereocenters. The first-order valence-corrected chi connectivity index (χ1v) is 7.71. The van der Waals surface area contributed by atoms with Gasteiger partial charge in [0.25, 0.3) is 9.05 Å². The van der Waals surface area contributed by atoms with Crippen LogP contribution in [0.1, 0.15) is 6.92 Å². The van der Waals surface area contributed by atoms with E-state index >= 15 is 0 Å². The number of nitro benzene ring substituents is 1. The second kappa shape index (κ2) is 6.82. The third-order valence-corrected chi connectivity index (χ3v) is 3.50. The summed E-state index contributed by atoms with van der Waals surface area (Å²) in [6.45, 7) is 2.30. The highest BCUT2D eigenvalue weighted by molar-refractivity contribution is 8.13. The van der Waals surface area contributed by atoms with E-state index in [9.17, 15) is 22.9 Å². The monoisotopic (exact) mass is 327 g/mol. The summed E-state index contributed by atoms with van der Waals surface area (Å²) in [5.74, 6) is -1.62. The number of rotatable bonds is 7. The van der Waals surface area contributed by atoms with Crippen molar-refractivity contribution in [3.63, 3.8) is 0 Å². The molecule has 0 heterocycles. The highest BCUT2D eigenvalue weighted by Gasteiger charge is 2.25. The van der Waals surface area contributed by atoms with Gasteiger partial charge in [-0.05, 0) is 6.92 Å². The van der Waals surface area contributed by atoms with Gasteiger partial charge in [-0.25, -0.2) is 12.8 Å². The van der Waals surface area contributed by atoms with E-state index in [1.807, 2.05) is 0 Å². The Balaban J connectivity index is 3.12. The van der Waals surface area contributed by atoms with Crippen LogP contribution in [0.25, 0.3) is 0 Å². The summed E-state index contributed by atoms with van der Waals surface area (Å²) in [5, 5.41) is 10.8. The first kappa shape index (κ1) is 16.6. The van der Waals surface area contributed by atoms with Gasteiger partial charge in [-0.3, -0.25) is 10.1 Å². The van der Waals surface area contributed by atoms with Gasteiger partial charge >= 0.3 is 5.69 Å². The third kappa shape index (κ3) is 4.29. The molecule has 0 N–H and O–H groups in total. The highest BCUT2D eigenvalue weighted by atomic mass is 35.7. The normalized spacial score (nSPS) is 11.3. The molecule has 0 amide bonds. The molecular weight excluding hydrogens is 317 g/mol. The number of benzene rings is 1. The Bertz CT molecular complexity index is 606. The number of nitrogens with zero attached hydrogens (tertiary/aromatic N) is 1. The standard InChI is InChI=1S/C10H11ClFNO6S/c1-2-18-3-4-19-9-5-7(12)10(20(11,16)17)6-8(9)13(14)15/h5-6H,2-4H2,1H3. The lowest BCUT2D eigenvalue weighted by Gasteiger charge is -2.08. The van der Waals surface area contributed by atoms with E-state index in [0.29, 0.717) is 18.7 Å². The average Bonchev–Trinajstić information content (AvgIpc) is 2.32. The van der Waals surface area contributed by atoms with Crippen LogP contribution >= 0.6 is 10.7 Å². The molecule has 0 fully saturated rings. The third-order valence-electron chi connectivity index (χ3n) is 2.16. The molecule has 0 bridgehead atoms. The lowest BCUT2D eigenvalue weighted by molar-refractivity contribution is -0.386. The van der Waals surface area contributed by atoms with Gasteiger partial charge in [-0.15, -0.1) is 0 Å². The zero-order valence-corrected chi connectivity index (χ0v) is 11.9. The maximum Gasteiger partial charge on any atom is 0.312 e. The minimum absolute atomic E-state index is 0.0406. The maximum absolute atomic E-state index is 13.6. The molecule has 0 aliphatic carbocycles. The van der Waals surface area contributed by atoms with Crippen LogP contribution in [0.15, 0.2) is 17.0 Å². The van der Waals surface area contributed by atoms with E-state index in [4.69, 9.17) is 20.2 Å². The van der Waals surface area contributed by atoms with Gasteiger partial charge < -0.3 is 9.47 Å². The van der Waals surface area contributed by atoms with Gasteiger partial charge in [0.2, 0.25) is 0 Å². The minimum atomic E-state index is -4.42. The van der Waals surface area contributed by atoms with Crippen molar-refractivity contribution < 1.29 is 27.2 Å². The van der Waals surface area contributed by atoms with Crippen LogP contribution < -0.4 is 4.74 Å². The van der Waals surface area contributed by atoms with E-state index < -0.39 is 36.1 Å². The zero-order chi connectivity index (χ0) is 15.3. The molecule has 112 valence electrons. The lowest BCUT2D eigenvalue weighted by atomic mass is 10.3. The molecule has 1 aromatic rings. The molecule has 0 aliphatic rings. The van der Waals surface area contributed by atoms with Gasteiger partial charge in [-0.1, -0.05) is 0 Å². The number of halogens is 2. The molecule has 0 saturated carbocycles. The molecule has 0 aromatic heterocycles. The van der Waals surface area contributed by atoms with Crippen LogP contribution in [0.2, 0.25) is 0 Å². The first-order valence-electron chi connectivity index (χ1n) is 5.40. The molecule has 0 unspecified atom stereocenters. The molecule has 0 radical (unpaired) electrons. The lowest BCUT2D eigenvalue weighted by Crippen LogP contribution is -2.08. The largest absolute Gasteiger partial charge is 0.484 e. The van der Waals surface area contributed by atoms with Crippen molar-refractivity contribution in [2.45, 2.75) is 11.8 Å². The maximum atomic E-state index is 13.6. The van der Waals surface area contributed by atoms with E-state index in [0.717, 1.165) is 0 Å². The second-order valence-corrected chi connectivity index (χ2v) is 6.03. The summed E-state index contributed by atoms with van der Waals surface area (Å²) in [5.41, 5.74) is -0.692. The van der Waals surface area contributed by atoms with Crippen LogP contribution in [-0.2, 0) is 13.8 Å². The fraction of sp³-hybridized carbons (Fsp3) is 0.400. The second-order valence-electron chi connectivity index (χ2n) is 3.49. The summed E-state index contributed by atoms with van der Waals surface area (Å²) >= 11 is 0. The van der Waals surface area contributed by atoms with Crippen molar-refractivity contribution in [1.82, 2.24) is 0 Å². The summed E-state index contributed by atoms with van der Waals surface area (Å²) in [4.78, 5) is 8.98. The fourth-order valence-corrected chi connectivity index (χ4v) is 2.22. The van der Waals surface area contributed by atoms with Gasteiger partial charge in [-0.2, -0.15) is 0 Å². The topological polar surface area (TPSA) is 95.7 Å². The highest BCUT2D eigenvalue weighted by Crippen LogP contribution is 2.33. The van der Waals surface area contributed by atoms with E-state index in [1.54, 1.807) is 6.92 Å². The van der Waals surface area contributed by atoms with E-state index in [-0.39, 0.29) is 13.2 Å². The van der Waals surface area contributed by atoms with Crippen LogP contribution in [0.4, 0.5) is 10.1 Å². The van der Waals surface area contributed by atoms with Gasteiger partial charge in [0.15, 0.2) is 5.75 Å². The SMILES string of the molecule is CCOCCOc1cc(F)c(S(=O)(=O)Cl)cc1[N+](=O)[O-]. The molecule has 10 heteroatoms. The Morgan fingerprint density at radius 2 is 2.05 bits per heavy atom. The van der Waals surface area contributed by atoms with Crippen molar-refractivity contribution in [3.05, 3.63) is 28.1 Å². The van der Waals surface area contributed by atoms with Gasteiger partial charge in [0.1, 0.15) is 17.3 Å². The Kier molecular flexibility index (Phi) is 5.66. The van der Waals surface area contributed by atoms with E-state index in [2.05, 4.69) is 0 Å². The Morgan fingerprint density at radius 3 is 2.55 bits per heavy atom. The molecule has 20 heavy (non-hydrogen) atoms. The average molecular weight is 328 g/mol. The Hall–Kier alpha value is -1.45. The van der Waals surface area contributed by atoms with Crippen LogP contribution in [0.3, 0.4) is 0 Å². The van der Waals surface area contributed by atoms with Crippen LogP contribution in [0, 0.1) is 15.9 Å². The summed E-state index contributed by atoms with van der Waals surface area (Å²) in [6, 6.07) is 1.13. The molecule has 1 rings (SSSR count). The van der Waals surface area contributed by atoms with Gasteiger partial charge in [0, 0.05) is 29.4 Å². The summed E-state index contributed by atoms with van der Waals surface area (Å²) < 4.78 is 45.7. The first-order chi connectivity index (χ1) is 9.27. The molecule has 0 aliphatic heterocycles. The molecule has 1 aromatic carbocycles. The summed E-state index contributed by atoms with van der Waals surface area (Å²) in [6.07, 6.45) is 0. The quantitative estimate of drug-likeness (QED) is 0.329. The predicted octanol–water partition coefficient (Wildman–Crippen LogP) is 2.08. The minimum Gasteiger partial charge on any atom is -0.484 e. The molecule has 7 nitrogen and oxygen atoms in total. The molecular formula is C10H11ClFNO6S. The van der Waals surface area contributed by atoms with Gasteiger partial charge in [0.05, 0.1) is 11.5 Å². The summed E-state index contributed by atoms with van der Waals surface area (Å²) in [7, 11) is 0.564. The Morgan fingerprint density at radius 1 is 1.40 bits per heavy atom. The zero-order valence-electron chi connectivity index (χ0n) is 10.3. The van der Waals surface area contributed by atoms with Crippen LogP contribution in [-0.4, -0.2) is 33.2 Å².